The van der Waals surface area contributed by atoms with Crippen LogP contribution in [-0.4, -0.2) is 42.0 Å². The molecule has 2 atom stereocenters. The van der Waals surface area contributed by atoms with Crippen LogP contribution < -0.4 is 10.8 Å². The number of carbonyl (C=O) groups is 2. The number of aliphatic carboxylic acids is 1. The van der Waals surface area contributed by atoms with Gasteiger partial charge in [0.1, 0.15) is 11.6 Å². The van der Waals surface area contributed by atoms with Gasteiger partial charge in [-0.15, -0.1) is 0 Å². The topological polar surface area (TPSA) is 96.9 Å². The van der Waals surface area contributed by atoms with Gasteiger partial charge in [-0.2, -0.15) is 5.48 Å². The highest BCUT2D eigenvalue weighted by Crippen LogP contribution is 2.07. The summed E-state index contributed by atoms with van der Waals surface area (Å²) in [4.78, 5) is 27.0. The number of carboxylic acid groups (broad SMARTS) is 1. The molecule has 0 rings (SSSR count). The highest BCUT2D eigenvalue weighted by atomic mass is 16.6. The molecule has 0 saturated heterocycles. The van der Waals surface area contributed by atoms with E-state index in [0.29, 0.717) is 0 Å². The maximum absolute atomic E-state index is 11.4. The Kier molecular flexibility index (Phi) is 5.90. The molecule has 17 heavy (non-hydrogen) atoms. The van der Waals surface area contributed by atoms with Gasteiger partial charge in [-0.25, -0.2) is 9.59 Å². The highest BCUT2D eigenvalue weighted by Gasteiger charge is 2.28. The second-order valence-corrected chi connectivity index (χ2v) is 4.57. The monoisotopic (exact) mass is 248 g/mol. The van der Waals surface area contributed by atoms with Gasteiger partial charge < -0.3 is 20.0 Å². The van der Waals surface area contributed by atoms with Gasteiger partial charge in [0.2, 0.25) is 0 Å². The summed E-state index contributed by atoms with van der Waals surface area (Å²) in [5.74, 6) is -1.17. The number of hydrogen-bond donors (Lipinski definition) is 3. The lowest BCUT2D eigenvalue weighted by Crippen LogP contribution is -2.53. The van der Waals surface area contributed by atoms with Crippen molar-refractivity contribution < 1.29 is 24.3 Å². The SMILES string of the molecule is CONC(C)C(NC(=O)OC(C)(C)C)C(=O)O. The molecule has 0 spiro atoms. The smallest absolute Gasteiger partial charge is 0.408 e. The number of nitrogens with one attached hydrogen (secondary N) is 2. The van der Waals surface area contributed by atoms with Gasteiger partial charge in [-0.05, 0) is 27.7 Å². The zero-order valence-electron chi connectivity index (χ0n) is 10.7. The van der Waals surface area contributed by atoms with Crippen LogP contribution in [0.15, 0.2) is 0 Å². The minimum absolute atomic E-state index is 0.593. The summed E-state index contributed by atoms with van der Waals surface area (Å²) in [6.45, 7) is 6.65. The molecule has 0 aromatic rings. The summed E-state index contributed by atoms with van der Waals surface area (Å²) in [6.07, 6.45) is -0.783. The number of alkyl carbamates (subject to hydrolysis) is 1. The van der Waals surface area contributed by atoms with Crippen molar-refractivity contribution in [3.05, 3.63) is 0 Å². The van der Waals surface area contributed by atoms with Gasteiger partial charge in [-0.3, -0.25) is 0 Å². The summed E-state index contributed by atoms with van der Waals surface area (Å²) in [5, 5.41) is 11.2. The normalized spacial score (nSPS) is 14.9. The standard InChI is InChI=1S/C10H20N2O5/c1-6(12-16-5)7(8(13)14)11-9(15)17-10(2,3)4/h6-7,12H,1-5H3,(H,11,15)(H,13,14). The molecule has 7 nitrogen and oxygen atoms in total. The van der Waals surface area contributed by atoms with Crippen LogP contribution in [0.4, 0.5) is 4.79 Å². The predicted molar refractivity (Wildman–Crippen MR) is 60.4 cm³/mol. The largest absolute Gasteiger partial charge is 0.480 e. The average molecular weight is 248 g/mol. The Morgan fingerprint density at radius 2 is 1.82 bits per heavy atom. The van der Waals surface area contributed by atoms with E-state index in [2.05, 4.69) is 15.6 Å². The molecule has 1 amide bonds. The fourth-order valence-corrected chi connectivity index (χ4v) is 1.09. The number of hydroxylamine groups is 1. The minimum atomic E-state index is -1.17. The Labute approximate surface area is 100 Å². The van der Waals surface area contributed by atoms with Crippen LogP contribution >= 0.6 is 0 Å². The van der Waals surface area contributed by atoms with Crippen LogP contribution in [-0.2, 0) is 14.4 Å². The molecule has 0 aliphatic heterocycles. The molecule has 0 bridgehead atoms. The van der Waals surface area contributed by atoms with Crippen LogP contribution in [0.3, 0.4) is 0 Å². The number of ether oxygens (including phenoxy) is 1. The second-order valence-electron chi connectivity index (χ2n) is 4.57. The molecular weight excluding hydrogens is 228 g/mol. The van der Waals surface area contributed by atoms with Gasteiger partial charge in [0.05, 0.1) is 13.2 Å². The summed E-state index contributed by atoms with van der Waals surface area (Å²) >= 11 is 0. The summed E-state index contributed by atoms with van der Waals surface area (Å²) < 4.78 is 4.96. The molecule has 7 heteroatoms. The zero-order valence-corrected chi connectivity index (χ0v) is 10.7. The van der Waals surface area contributed by atoms with Crippen LogP contribution in [0.5, 0.6) is 0 Å². The van der Waals surface area contributed by atoms with E-state index in [0.717, 1.165) is 0 Å². The molecular formula is C10H20N2O5. The molecule has 0 radical (unpaired) electrons. The van der Waals surface area contributed by atoms with E-state index in [9.17, 15) is 9.59 Å². The fourth-order valence-electron chi connectivity index (χ4n) is 1.09. The van der Waals surface area contributed by atoms with Crippen molar-refractivity contribution >= 4 is 12.1 Å². The van der Waals surface area contributed by atoms with Gasteiger partial charge in [0.15, 0.2) is 0 Å². The van der Waals surface area contributed by atoms with E-state index in [4.69, 9.17) is 9.84 Å². The lowest BCUT2D eigenvalue weighted by molar-refractivity contribution is -0.141. The molecule has 0 saturated carbocycles. The summed E-state index contributed by atoms with van der Waals surface area (Å²) in [7, 11) is 1.36. The van der Waals surface area contributed by atoms with E-state index < -0.39 is 29.7 Å². The molecule has 0 fully saturated rings. The van der Waals surface area contributed by atoms with Gasteiger partial charge in [0, 0.05) is 0 Å². The third kappa shape index (κ3) is 6.75. The van der Waals surface area contributed by atoms with E-state index >= 15 is 0 Å². The van der Waals surface area contributed by atoms with Crippen LogP contribution in [0.2, 0.25) is 0 Å². The van der Waals surface area contributed by atoms with Crippen molar-refractivity contribution in [2.24, 2.45) is 0 Å². The first-order chi connectivity index (χ1) is 7.67. The first-order valence-electron chi connectivity index (χ1n) is 5.18. The van der Waals surface area contributed by atoms with Crippen LogP contribution in [0.25, 0.3) is 0 Å². The lowest BCUT2D eigenvalue weighted by atomic mass is 10.1. The maximum Gasteiger partial charge on any atom is 0.408 e. The van der Waals surface area contributed by atoms with Crippen molar-refractivity contribution in [2.75, 3.05) is 7.11 Å². The van der Waals surface area contributed by atoms with Crippen molar-refractivity contribution in [2.45, 2.75) is 45.4 Å². The van der Waals surface area contributed by atoms with Gasteiger partial charge in [-0.1, -0.05) is 0 Å². The molecule has 0 aromatic heterocycles. The summed E-state index contributed by atoms with van der Waals surface area (Å²) in [6, 6.07) is -1.73. The zero-order chi connectivity index (χ0) is 13.6. The van der Waals surface area contributed by atoms with Crippen LogP contribution in [0, 0.1) is 0 Å². The number of rotatable bonds is 5. The molecule has 3 N–H and O–H groups in total. The third-order valence-corrected chi connectivity index (χ3v) is 1.74. The van der Waals surface area contributed by atoms with Crippen molar-refractivity contribution in [3.63, 3.8) is 0 Å². The molecule has 0 aromatic carbocycles. The first kappa shape index (κ1) is 15.7. The maximum atomic E-state index is 11.4. The van der Waals surface area contributed by atoms with Crippen molar-refractivity contribution in [1.82, 2.24) is 10.8 Å². The van der Waals surface area contributed by atoms with E-state index in [1.54, 1.807) is 27.7 Å². The Morgan fingerprint density at radius 3 is 2.18 bits per heavy atom. The third-order valence-electron chi connectivity index (χ3n) is 1.74. The number of amides is 1. The molecule has 100 valence electrons. The van der Waals surface area contributed by atoms with E-state index in [1.165, 1.54) is 7.11 Å². The highest BCUT2D eigenvalue weighted by molar-refractivity contribution is 5.80. The molecule has 0 aliphatic rings. The van der Waals surface area contributed by atoms with Crippen molar-refractivity contribution in [1.29, 1.82) is 0 Å². The Morgan fingerprint density at radius 1 is 1.29 bits per heavy atom. The second kappa shape index (κ2) is 6.41. The van der Waals surface area contributed by atoms with Gasteiger partial charge >= 0.3 is 12.1 Å². The molecule has 0 heterocycles. The predicted octanol–water partition coefficient (Wildman–Crippen LogP) is 0.504. The van der Waals surface area contributed by atoms with E-state index in [1.807, 2.05) is 0 Å². The number of hydrogen-bond acceptors (Lipinski definition) is 5. The Balaban J connectivity index is 4.45. The van der Waals surface area contributed by atoms with E-state index in [-0.39, 0.29) is 0 Å². The lowest BCUT2D eigenvalue weighted by Gasteiger charge is -2.24. The van der Waals surface area contributed by atoms with Crippen LogP contribution in [0.1, 0.15) is 27.7 Å². The Bertz CT molecular complexity index is 274. The minimum Gasteiger partial charge on any atom is -0.480 e. The quantitative estimate of drug-likeness (QED) is 0.613. The van der Waals surface area contributed by atoms with Crippen molar-refractivity contribution in [3.8, 4) is 0 Å². The Hall–Kier alpha value is -1.34. The average Bonchev–Trinajstić information content (AvgIpc) is 2.11. The first-order valence-corrected chi connectivity index (χ1v) is 5.18. The van der Waals surface area contributed by atoms with Gasteiger partial charge in [0.25, 0.3) is 0 Å². The molecule has 2 unspecified atom stereocenters. The number of carboxylic acids is 1. The summed E-state index contributed by atoms with van der Waals surface area (Å²) in [5.41, 5.74) is 1.77. The number of carbonyl (C=O) groups excluding carboxylic acids is 1. The molecule has 0 aliphatic carbocycles. The fraction of sp³-hybridized carbons (Fsp3) is 0.800.